The molecule has 0 amide bonds. The molecule has 1 N–H and O–H groups in total. The summed E-state index contributed by atoms with van der Waals surface area (Å²) in [7, 11) is 0. The Balaban J connectivity index is 1.61. The van der Waals surface area contributed by atoms with Gasteiger partial charge in [0.15, 0.2) is 0 Å². The SMILES string of the molecule is c1ncn(C2CCOC2C2CC2)c1C1CCCN1. The summed E-state index contributed by atoms with van der Waals surface area (Å²) in [6.07, 6.45) is 10.9. The molecule has 3 aliphatic rings. The standard InChI is InChI=1S/C14H21N3O/c1-2-11(16-6-1)13-8-15-9-17(13)12-5-7-18-14(12)10-3-4-10/h8-12,14,16H,1-7H2. The average Bonchev–Trinajstić information content (AvgIpc) is 2.90. The molecule has 0 aromatic carbocycles. The molecule has 1 aromatic heterocycles. The van der Waals surface area contributed by atoms with E-state index in [0.29, 0.717) is 18.2 Å². The van der Waals surface area contributed by atoms with Crippen molar-refractivity contribution in [2.24, 2.45) is 5.92 Å². The van der Waals surface area contributed by atoms with Crippen molar-refractivity contribution in [2.45, 2.75) is 50.3 Å². The van der Waals surface area contributed by atoms with Crippen LogP contribution in [0.15, 0.2) is 12.5 Å². The minimum atomic E-state index is 0.444. The summed E-state index contributed by atoms with van der Waals surface area (Å²) >= 11 is 0. The van der Waals surface area contributed by atoms with E-state index in [1.54, 1.807) is 0 Å². The van der Waals surface area contributed by atoms with Gasteiger partial charge in [0.2, 0.25) is 0 Å². The predicted molar refractivity (Wildman–Crippen MR) is 68.3 cm³/mol. The van der Waals surface area contributed by atoms with Gasteiger partial charge in [0, 0.05) is 18.8 Å². The normalized spacial score (nSPS) is 36.3. The maximum absolute atomic E-state index is 5.96. The summed E-state index contributed by atoms with van der Waals surface area (Å²) in [6.45, 7) is 2.06. The van der Waals surface area contributed by atoms with Crippen LogP contribution in [0.2, 0.25) is 0 Å². The summed E-state index contributed by atoms with van der Waals surface area (Å²) in [5, 5.41) is 3.58. The lowest BCUT2D eigenvalue weighted by Gasteiger charge is -2.23. The molecule has 4 heteroatoms. The molecule has 2 aliphatic heterocycles. The summed E-state index contributed by atoms with van der Waals surface area (Å²) < 4.78 is 8.36. The highest BCUT2D eigenvalue weighted by atomic mass is 16.5. The average molecular weight is 247 g/mol. The molecule has 2 saturated heterocycles. The molecule has 98 valence electrons. The van der Waals surface area contributed by atoms with Crippen molar-refractivity contribution in [3.8, 4) is 0 Å². The van der Waals surface area contributed by atoms with Crippen molar-refractivity contribution in [3.05, 3.63) is 18.2 Å². The Labute approximate surface area is 108 Å². The van der Waals surface area contributed by atoms with Crippen LogP contribution in [0, 0.1) is 5.92 Å². The van der Waals surface area contributed by atoms with Crippen molar-refractivity contribution in [3.63, 3.8) is 0 Å². The van der Waals surface area contributed by atoms with Gasteiger partial charge in [0.1, 0.15) is 0 Å². The second-order valence-electron chi connectivity index (χ2n) is 5.90. The first kappa shape index (κ1) is 11.0. The van der Waals surface area contributed by atoms with Gasteiger partial charge in [-0.3, -0.25) is 0 Å². The van der Waals surface area contributed by atoms with Crippen molar-refractivity contribution in [2.75, 3.05) is 13.2 Å². The van der Waals surface area contributed by atoms with E-state index in [1.807, 2.05) is 12.5 Å². The van der Waals surface area contributed by atoms with Crippen LogP contribution in [-0.4, -0.2) is 28.8 Å². The van der Waals surface area contributed by atoms with E-state index >= 15 is 0 Å². The van der Waals surface area contributed by atoms with Crippen LogP contribution in [0.25, 0.3) is 0 Å². The second-order valence-corrected chi connectivity index (χ2v) is 5.90. The monoisotopic (exact) mass is 247 g/mol. The van der Waals surface area contributed by atoms with Crippen LogP contribution in [0.3, 0.4) is 0 Å². The minimum Gasteiger partial charge on any atom is -0.376 e. The molecule has 3 heterocycles. The number of imidazole rings is 1. The molecule has 0 bridgehead atoms. The lowest BCUT2D eigenvalue weighted by Crippen LogP contribution is -2.25. The largest absolute Gasteiger partial charge is 0.376 e. The lowest BCUT2D eigenvalue weighted by molar-refractivity contribution is 0.0743. The third-order valence-corrected chi connectivity index (χ3v) is 4.66. The lowest BCUT2D eigenvalue weighted by atomic mass is 10.0. The highest BCUT2D eigenvalue weighted by Gasteiger charge is 2.42. The molecule has 4 rings (SSSR count). The van der Waals surface area contributed by atoms with Gasteiger partial charge >= 0.3 is 0 Å². The Kier molecular flexibility index (Phi) is 2.66. The van der Waals surface area contributed by atoms with E-state index < -0.39 is 0 Å². The van der Waals surface area contributed by atoms with E-state index in [9.17, 15) is 0 Å². The Morgan fingerprint density at radius 3 is 3.00 bits per heavy atom. The second kappa shape index (κ2) is 4.35. The molecule has 1 aliphatic carbocycles. The smallest absolute Gasteiger partial charge is 0.0952 e. The van der Waals surface area contributed by atoms with Crippen molar-refractivity contribution in [1.29, 1.82) is 0 Å². The molecule has 1 saturated carbocycles. The molecule has 0 spiro atoms. The fourth-order valence-electron chi connectivity index (χ4n) is 3.57. The van der Waals surface area contributed by atoms with Gasteiger partial charge in [-0.25, -0.2) is 4.98 Å². The molecule has 3 atom stereocenters. The van der Waals surface area contributed by atoms with Crippen molar-refractivity contribution >= 4 is 0 Å². The summed E-state index contributed by atoms with van der Waals surface area (Å²) in [5.41, 5.74) is 1.37. The molecule has 3 fully saturated rings. The van der Waals surface area contributed by atoms with Crippen LogP contribution in [-0.2, 0) is 4.74 Å². The van der Waals surface area contributed by atoms with Gasteiger partial charge in [-0.1, -0.05) is 0 Å². The van der Waals surface area contributed by atoms with E-state index in [2.05, 4.69) is 14.9 Å². The number of rotatable bonds is 3. The van der Waals surface area contributed by atoms with Crippen molar-refractivity contribution in [1.82, 2.24) is 14.9 Å². The predicted octanol–water partition coefficient (Wildman–Crippen LogP) is 2.05. The Morgan fingerprint density at radius 2 is 2.22 bits per heavy atom. The fourth-order valence-corrected chi connectivity index (χ4v) is 3.57. The Morgan fingerprint density at radius 1 is 1.28 bits per heavy atom. The number of nitrogens with zero attached hydrogens (tertiary/aromatic N) is 2. The number of aromatic nitrogens is 2. The van der Waals surface area contributed by atoms with Crippen LogP contribution in [0.5, 0.6) is 0 Å². The zero-order valence-corrected chi connectivity index (χ0v) is 10.7. The zero-order valence-electron chi connectivity index (χ0n) is 10.7. The highest BCUT2D eigenvalue weighted by Crippen LogP contribution is 2.44. The van der Waals surface area contributed by atoms with Crippen LogP contribution in [0.1, 0.15) is 49.9 Å². The fraction of sp³-hybridized carbons (Fsp3) is 0.786. The first-order valence-electron chi connectivity index (χ1n) is 7.30. The maximum atomic E-state index is 5.96. The Hall–Kier alpha value is -0.870. The topological polar surface area (TPSA) is 39.1 Å². The van der Waals surface area contributed by atoms with Gasteiger partial charge < -0.3 is 14.6 Å². The van der Waals surface area contributed by atoms with E-state index in [1.165, 1.54) is 31.4 Å². The molecule has 1 aromatic rings. The number of nitrogens with one attached hydrogen (secondary N) is 1. The van der Waals surface area contributed by atoms with Crippen molar-refractivity contribution < 1.29 is 4.74 Å². The molecule has 18 heavy (non-hydrogen) atoms. The summed E-state index contributed by atoms with van der Waals surface area (Å²) in [5.74, 6) is 0.810. The first-order chi connectivity index (χ1) is 8.93. The number of hydrogen-bond acceptors (Lipinski definition) is 3. The number of hydrogen-bond donors (Lipinski definition) is 1. The van der Waals surface area contributed by atoms with Crippen LogP contribution in [0.4, 0.5) is 0 Å². The molecular formula is C14H21N3O. The third-order valence-electron chi connectivity index (χ3n) is 4.66. The molecule has 3 unspecified atom stereocenters. The maximum Gasteiger partial charge on any atom is 0.0952 e. The van der Waals surface area contributed by atoms with Crippen LogP contribution < -0.4 is 5.32 Å². The van der Waals surface area contributed by atoms with E-state index in [-0.39, 0.29) is 0 Å². The third kappa shape index (κ3) is 1.79. The van der Waals surface area contributed by atoms with E-state index in [0.717, 1.165) is 25.5 Å². The summed E-state index contributed by atoms with van der Waals surface area (Å²) in [6, 6.07) is 1.03. The minimum absolute atomic E-state index is 0.444. The quantitative estimate of drug-likeness (QED) is 0.888. The summed E-state index contributed by atoms with van der Waals surface area (Å²) in [4.78, 5) is 4.39. The number of ether oxygens (including phenoxy) is 1. The Bertz CT molecular complexity index is 420. The van der Waals surface area contributed by atoms with Gasteiger partial charge in [-0.2, -0.15) is 0 Å². The van der Waals surface area contributed by atoms with Gasteiger partial charge in [0.05, 0.1) is 24.2 Å². The molecular weight excluding hydrogens is 226 g/mol. The molecule has 0 radical (unpaired) electrons. The van der Waals surface area contributed by atoms with Crippen LogP contribution >= 0.6 is 0 Å². The highest BCUT2D eigenvalue weighted by molar-refractivity contribution is 5.10. The van der Waals surface area contributed by atoms with Gasteiger partial charge in [-0.05, 0) is 44.6 Å². The van der Waals surface area contributed by atoms with E-state index in [4.69, 9.17) is 4.74 Å². The molecule has 4 nitrogen and oxygen atoms in total. The van der Waals surface area contributed by atoms with Gasteiger partial charge in [-0.15, -0.1) is 0 Å². The first-order valence-corrected chi connectivity index (χ1v) is 7.30. The van der Waals surface area contributed by atoms with Gasteiger partial charge in [0.25, 0.3) is 0 Å². The zero-order chi connectivity index (χ0) is 11.9.